The maximum Gasteiger partial charge on any atom is 0.249 e. The molecule has 1 aromatic carbocycles. The number of nitrogens with zero attached hydrogens (tertiary/aromatic N) is 1. The van der Waals surface area contributed by atoms with Crippen LogP contribution in [0.1, 0.15) is 6.92 Å². The monoisotopic (exact) mass is 238 g/mol. The molecule has 0 fully saturated rings. The smallest absolute Gasteiger partial charge is 0.249 e. The molecule has 1 aromatic rings. The second kappa shape index (κ2) is 4.65. The fourth-order valence-corrected chi connectivity index (χ4v) is 2.17. The fraction of sp³-hybridized carbons (Fsp3) is 0.273. The van der Waals surface area contributed by atoms with Gasteiger partial charge in [0.25, 0.3) is 0 Å². The molecule has 1 aliphatic heterocycles. The molecule has 1 aliphatic rings. The Kier molecular flexibility index (Phi) is 3.24. The number of carbonyl (C=O) groups excluding carboxylic acids is 1. The number of halogens is 1. The Morgan fingerprint density at radius 1 is 1.56 bits per heavy atom. The maximum atomic E-state index is 12.9. The highest BCUT2D eigenvalue weighted by molar-refractivity contribution is 8.00. The van der Waals surface area contributed by atoms with Crippen molar-refractivity contribution in [1.29, 1.82) is 0 Å². The van der Waals surface area contributed by atoms with E-state index in [9.17, 15) is 9.18 Å². The first-order chi connectivity index (χ1) is 7.65. The number of rotatable bonds is 3. The molecule has 5 heteroatoms. The van der Waals surface area contributed by atoms with Crippen LogP contribution in [0.4, 0.5) is 4.39 Å². The molecule has 0 aromatic heterocycles. The standard InChI is InChI=1S/C11H11FN2OS/c1-7-11(15)14-10(13-7)6-16-9-4-2-3-8(12)5-9/h2-5,7H,6H2,1H3,(H,13,14,15). The Balaban J connectivity index is 1.93. The summed E-state index contributed by atoms with van der Waals surface area (Å²) in [7, 11) is 0. The number of hydrogen-bond acceptors (Lipinski definition) is 3. The minimum atomic E-state index is -0.303. The van der Waals surface area contributed by atoms with Gasteiger partial charge in [-0.15, -0.1) is 11.8 Å². The lowest BCUT2D eigenvalue weighted by Crippen LogP contribution is -2.28. The zero-order chi connectivity index (χ0) is 11.5. The lowest BCUT2D eigenvalue weighted by molar-refractivity contribution is -0.119. The second-order valence-electron chi connectivity index (χ2n) is 3.49. The van der Waals surface area contributed by atoms with E-state index < -0.39 is 0 Å². The van der Waals surface area contributed by atoms with E-state index in [1.165, 1.54) is 23.9 Å². The normalized spacial score (nSPS) is 19.5. The number of aliphatic imine (C=N–C) groups is 1. The quantitative estimate of drug-likeness (QED) is 0.816. The van der Waals surface area contributed by atoms with Crippen molar-refractivity contribution in [1.82, 2.24) is 5.32 Å². The highest BCUT2D eigenvalue weighted by atomic mass is 32.2. The van der Waals surface area contributed by atoms with Gasteiger partial charge in [0.05, 0.1) is 5.75 Å². The van der Waals surface area contributed by atoms with Crippen molar-refractivity contribution in [3.05, 3.63) is 30.1 Å². The van der Waals surface area contributed by atoms with E-state index in [0.29, 0.717) is 11.6 Å². The van der Waals surface area contributed by atoms with Crippen LogP contribution in [-0.2, 0) is 4.79 Å². The molecule has 16 heavy (non-hydrogen) atoms. The van der Waals surface area contributed by atoms with E-state index in [2.05, 4.69) is 10.3 Å². The van der Waals surface area contributed by atoms with Gasteiger partial charge in [-0.05, 0) is 25.1 Å². The predicted octanol–water partition coefficient (Wildman–Crippen LogP) is 1.83. The number of hydrogen-bond donors (Lipinski definition) is 1. The molecule has 0 radical (unpaired) electrons. The van der Waals surface area contributed by atoms with Crippen molar-refractivity contribution >= 4 is 23.5 Å². The van der Waals surface area contributed by atoms with Crippen LogP contribution in [0, 0.1) is 5.82 Å². The zero-order valence-corrected chi connectivity index (χ0v) is 9.55. The third kappa shape index (κ3) is 2.61. The van der Waals surface area contributed by atoms with Gasteiger partial charge in [-0.25, -0.2) is 4.39 Å². The van der Waals surface area contributed by atoms with Gasteiger partial charge < -0.3 is 5.32 Å². The second-order valence-corrected chi connectivity index (χ2v) is 4.54. The van der Waals surface area contributed by atoms with E-state index in [4.69, 9.17) is 0 Å². The average Bonchev–Trinajstić information content (AvgIpc) is 2.56. The molecule has 0 spiro atoms. The van der Waals surface area contributed by atoms with Crippen molar-refractivity contribution in [3.8, 4) is 0 Å². The van der Waals surface area contributed by atoms with Crippen molar-refractivity contribution < 1.29 is 9.18 Å². The highest BCUT2D eigenvalue weighted by Crippen LogP contribution is 2.19. The lowest BCUT2D eigenvalue weighted by Gasteiger charge is -2.01. The third-order valence-electron chi connectivity index (χ3n) is 2.17. The van der Waals surface area contributed by atoms with E-state index in [-0.39, 0.29) is 17.8 Å². The minimum Gasteiger partial charge on any atom is -0.312 e. The molecule has 1 amide bonds. The van der Waals surface area contributed by atoms with Crippen LogP contribution in [0.25, 0.3) is 0 Å². The van der Waals surface area contributed by atoms with Gasteiger partial charge in [-0.2, -0.15) is 0 Å². The first-order valence-electron chi connectivity index (χ1n) is 4.91. The maximum absolute atomic E-state index is 12.9. The van der Waals surface area contributed by atoms with Crippen LogP contribution in [0.2, 0.25) is 0 Å². The third-order valence-corrected chi connectivity index (χ3v) is 3.17. The molecule has 0 saturated heterocycles. The van der Waals surface area contributed by atoms with Crippen molar-refractivity contribution in [2.75, 3.05) is 5.75 Å². The summed E-state index contributed by atoms with van der Waals surface area (Å²) in [6.07, 6.45) is 0. The summed E-state index contributed by atoms with van der Waals surface area (Å²) >= 11 is 1.45. The largest absolute Gasteiger partial charge is 0.312 e. The number of thioether (sulfide) groups is 1. The summed E-state index contributed by atoms with van der Waals surface area (Å²) in [6, 6.07) is 6.05. The number of amidine groups is 1. The molecule has 0 aliphatic carbocycles. The summed E-state index contributed by atoms with van der Waals surface area (Å²) < 4.78 is 12.9. The molecule has 84 valence electrons. The van der Waals surface area contributed by atoms with Crippen molar-refractivity contribution in [2.45, 2.75) is 17.9 Å². The number of benzene rings is 1. The van der Waals surface area contributed by atoms with Crippen LogP contribution in [-0.4, -0.2) is 23.5 Å². The summed E-state index contributed by atoms with van der Waals surface area (Å²) in [6.45, 7) is 1.75. The van der Waals surface area contributed by atoms with Gasteiger partial charge in [-0.3, -0.25) is 9.79 Å². The van der Waals surface area contributed by atoms with E-state index in [1.807, 2.05) is 6.07 Å². The molecule has 2 rings (SSSR count). The molecule has 3 nitrogen and oxygen atoms in total. The van der Waals surface area contributed by atoms with Gasteiger partial charge in [0.1, 0.15) is 17.7 Å². The fourth-order valence-electron chi connectivity index (χ4n) is 1.35. The van der Waals surface area contributed by atoms with Crippen LogP contribution < -0.4 is 5.32 Å². The molecule has 0 saturated carbocycles. The Morgan fingerprint density at radius 2 is 2.38 bits per heavy atom. The lowest BCUT2D eigenvalue weighted by atomic mass is 10.4. The summed E-state index contributed by atoms with van der Waals surface area (Å²) in [4.78, 5) is 16.1. The molecular weight excluding hydrogens is 227 g/mol. The summed E-state index contributed by atoms with van der Waals surface area (Å²) in [5.41, 5.74) is 0. The van der Waals surface area contributed by atoms with Gasteiger partial charge in [-0.1, -0.05) is 6.07 Å². The number of carbonyl (C=O) groups is 1. The molecule has 1 N–H and O–H groups in total. The van der Waals surface area contributed by atoms with Crippen LogP contribution in [0.3, 0.4) is 0 Å². The Morgan fingerprint density at radius 3 is 3.00 bits per heavy atom. The molecule has 1 atom stereocenters. The summed E-state index contributed by atoms with van der Waals surface area (Å²) in [5, 5.41) is 2.68. The van der Waals surface area contributed by atoms with Gasteiger partial charge in [0.15, 0.2) is 0 Å². The highest BCUT2D eigenvalue weighted by Gasteiger charge is 2.21. The Hall–Kier alpha value is -1.36. The van der Waals surface area contributed by atoms with E-state index in [0.717, 1.165) is 4.90 Å². The van der Waals surface area contributed by atoms with Crippen molar-refractivity contribution in [3.63, 3.8) is 0 Å². The topological polar surface area (TPSA) is 41.5 Å². The predicted molar refractivity (Wildman–Crippen MR) is 62.2 cm³/mol. The molecule has 1 unspecified atom stereocenters. The zero-order valence-electron chi connectivity index (χ0n) is 8.74. The average molecular weight is 238 g/mol. The van der Waals surface area contributed by atoms with Crippen LogP contribution >= 0.6 is 11.8 Å². The minimum absolute atomic E-state index is 0.0742. The van der Waals surface area contributed by atoms with Crippen LogP contribution in [0.15, 0.2) is 34.2 Å². The Labute approximate surface area is 97.1 Å². The van der Waals surface area contributed by atoms with Gasteiger partial charge >= 0.3 is 0 Å². The molecule has 1 heterocycles. The van der Waals surface area contributed by atoms with Gasteiger partial charge in [0.2, 0.25) is 5.91 Å². The van der Waals surface area contributed by atoms with E-state index >= 15 is 0 Å². The Bertz CT molecular complexity index is 447. The molecule has 0 bridgehead atoms. The molecular formula is C11H11FN2OS. The number of nitrogens with one attached hydrogen (secondary N) is 1. The SMILES string of the molecule is CC1N=C(CSc2cccc(F)c2)NC1=O. The van der Waals surface area contributed by atoms with Crippen LogP contribution in [0.5, 0.6) is 0 Å². The summed E-state index contributed by atoms with van der Waals surface area (Å²) in [5.74, 6) is 0.886. The van der Waals surface area contributed by atoms with Gasteiger partial charge in [0, 0.05) is 4.90 Å². The first-order valence-corrected chi connectivity index (χ1v) is 5.89. The van der Waals surface area contributed by atoms with E-state index in [1.54, 1.807) is 13.0 Å². The van der Waals surface area contributed by atoms with Crippen molar-refractivity contribution in [2.24, 2.45) is 4.99 Å². The first kappa shape index (κ1) is 11.1. The number of amides is 1.